The standard InChI is InChI=1S/C11H16ClF3N2O3S/c1-2-3-5-17-7-10(21(12,18)19)9(16-17)8-20-6-4-11(13,14)15/h7H,2-6,8H2,1H3. The van der Waals surface area contributed by atoms with Gasteiger partial charge in [-0.05, 0) is 6.42 Å². The Bertz CT molecular complexity index is 558. The van der Waals surface area contributed by atoms with Crippen molar-refractivity contribution in [1.29, 1.82) is 0 Å². The second kappa shape index (κ2) is 7.46. The average Bonchev–Trinajstić information content (AvgIpc) is 2.74. The van der Waals surface area contributed by atoms with Gasteiger partial charge in [-0.25, -0.2) is 8.42 Å². The van der Waals surface area contributed by atoms with Gasteiger partial charge in [-0.3, -0.25) is 4.68 Å². The molecule has 0 aliphatic heterocycles. The molecule has 0 saturated heterocycles. The molecule has 0 aliphatic rings. The fourth-order valence-electron chi connectivity index (χ4n) is 1.54. The summed E-state index contributed by atoms with van der Waals surface area (Å²) in [7, 11) is 1.26. The number of nitrogens with zero attached hydrogens (tertiary/aromatic N) is 2. The Morgan fingerprint density at radius 3 is 2.62 bits per heavy atom. The zero-order valence-corrected chi connectivity index (χ0v) is 12.9. The Morgan fingerprint density at radius 2 is 2.10 bits per heavy atom. The zero-order chi connectivity index (χ0) is 16.1. The van der Waals surface area contributed by atoms with Gasteiger partial charge in [0.15, 0.2) is 0 Å². The molecular formula is C11H16ClF3N2O3S. The number of hydrogen-bond acceptors (Lipinski definition) is 4. The van der Waals surface area contributed by atoms with Crippen LogP contribution in [0.1, 0.15) is 31.9 Å². The quantitative estimate of drug-likeness (QED) is 0.535. The number of unbranched alkanes of at least 4 members (excludes halogenated alkanes) is 1. The van der Waals surface area contributed by atoms with E-state index in [2.05, 4.69) is 5.10 Å². The average molecular weight is 349 g/mol. The summed E-state index contributed by atoms with van der Waals surface area (Å²) < 4.78 is 65.0. The molecular weight excluding hydrogens is 333 g/mol. The third kappa shape index (κ3) is 6.66. The van der Waals surface area contributed by atoms with Crippen molar-refractivity contribution in [1.82, 2.24) is 9.78 Å². The number of hydrogen-bond donors (Lipinski definition) is 0. The largest absolute Gasteiger partial charge is 0.391 e. The first kappa shape index (κ1) is 18.2. The van der Waals surface area contributed by atoms with Crippen LogP contribution >= 0.6 is 10.7 Å². The van der Waals surface area contributed by atoms with E-state index in [1.165, 1.54) is 10.9 Å². The zero-order valence-electron chi connectivity index (χ0n) is 11.4. The highest BCUT2D eigenvalue weighted by atomic mass is 35.7. The van der Waals surface area contributed by atoms with E-state index in [-0.39, 0.29) is 17.2 Å². The number of rotatable bonds is 8. The predicted octanol–water partition coefficient (Wildman–Crippen LogP) is 3.08. The summed E-state index contributed by atoms with van der Waals surface area (Å²) in [5.74, 6) is 0. The maximum Gasteiger partial charge on any atom is 0.391 e. The molecule has 0 N–H and O–H groups in total. The molecule has 0 atom stereocenters. The molecule has 1 aromatic rings. The smallest absolute Gasteiger partial charge is 0.375 e. The van der Waals surface area contributed by atoms with E-state index in [0.717, 1.165) is 12.8 Å². The Kier molecular flexibility index (Phi) is 6.48. The fraction of sp³-hybridized carbons (Fsp3) is 0.727. The number of aromatic nitrogens is 2. The van der Waals surface area contributed by atoms with Gasteiger partial charge >= 0.3 is 6.18 Å². The minimum absolute atomic E-state index is 0.0169. The van der Waals surface area contributed by atoms with Crippen LogP contribution in [0.4, 0.5) is 13.2 Å². The van der Waals surface area contributed by atoms with Gasteiger partial charge in [0.1, 0.15) is 10.6 Å². The molecule has 1 aromatic heterocycles. The predicted molar refractivity (Wildman–Crippen MR) is 70.5 cm³/mol. The third-order valence-corrected chi connectivity index (χ3v) is 3.94. The molecule has 5 nitrogen and oxygen atoms in total. The molecule has 0 fully saturated rings. The summed E-state index contributed by atoms with van der Waals surface area (Å²) in [5.41, 5.74) is 0.0169. The van der Waals surface area contributed by atoms with E-state index < -0.39 is 28.3 Å². The van der Waals surface area contributed by atoms with Crippen LogP contribution in [0, 0.1) is 0 Å². The van der Waals surface area contributed by atoms with Crippen LogP contribution in [-0.2, 0) is 26.9 Å². The molecule has 0 spiro atoms. The maximum absolute atomic E-state index is 12.0. The van der Waals surface area contributed by atoms with Gasteiger partial charge in [0.2, 0.25) is 0 Å². The van der Waals surface area contributed by atoms with Gasteiger partial charge in [-0.1, -0.05) is 13.3 Å². The second-order valence-corrected chi connectivity index (χ2v) is 6.95. The van der Waals surface area contributed by atoms with Gasteiger partial charge < -0.3 is 4.74 Å². The van der Waals surface area contributed by atoms with E-state index in [1.54, 1.807) is 0 Å². The normalized spacial score (nSPS) is 12.8. The van der Waals surface area contributed by atoms with E-state index >= 15 is 0 Å². The monoisotopic (exact) mass is 348 g/mol. The van der Waals surface area contributed by atoms with Crippen molar-refractivity contribution in [2.24, 2.45) is 0 Å². The van der Waals surface area contributed by atoms with Crippen LogP contribution in [0.5, 0.6) is 0 Å². The minimum atomic E-state index is -4.32. The summed E-state index contributed by atoms with van der Waals surface area (Å²) in [6.45, 7) is 1.56. The number of ether oxygens (including phenoxy) is 1. The van der Waals surface area contributed by atoms with E-state index in [1.807, 2.05) is 6.92 Å². The molecule has 0 saturated carbocycles. The van der Waals surface area contributed by atoms with Crippen LogP contribution in [0.3, 0.4) is 0 Å². The van der Waals surface area contributed by atoms with Crippen molar-refractivity contribution in [2.45, 2.75) is 50.4 Å². The van der Waals surface area contributed by atoms with Crippen molar-refractivity contribution in [3.63, 3.8) is 0 Å². The Hall–Kier alpha value is -0.800. The van der Waals surface area contributed by atoms with Gasteiger partial charge in [0.05, 0.1) is 19.6 Å². The van der Waals surface area contributed by atoms with Crippen molar-refractivity contribution in [3.05, 3.63) is 11.9 Å². The summed E-state index contributed by atoms with van der Waals surface area (Å²) in [5, 5.41) is 3.99. The Balaban J connectivity index is 2.73. The van der Waals surface area contributed by atoms with Gasteiger partial charge in [-0.15, -0.1) is 0 Å². The molecule has 0 aliphatic carbocycles. The molecule has 1 rings (SSSR count). The molecule has 122 valence electrons. The molecule has 0 unspecified atom stereocenters. The van der Waals surface area contributed by atoms with Crippen molar-refractivity contribution in [3.8, 4) is 0 Å². The molecule has 0 radical (unpaired) electrons. The lowest BCUT2D eigenvalue weighted by atomic mass is 10.3. The number of aryl methyl sites for hydroxylation is 1. The van der Waals surface area contributed by atoms with E-state index in [9.17, 15) is 21.6 Å². The molecule has 10 heteroatoms. The molecule has 0 bridgehead atoms. The topological polar surface area (TPSA) is 61.2 Å². The highest BCUT2D eigenvalue weighted by Gasteiger charge is 2.27. The van der Waals surface area contributed by atoms with Crippen molar-refractivity contribution in [2.75, 3.05) is 6.61 Å². The lowest BCUT2D eigenvalue weighted by molar-refractivity contribution is -0.146. The SMILES string of the molecule is CCCCn1cc(S(=O)(=O)Cl)c(COCCC(F)(F)F)n1. The molecule has 0 aromatic carbocycles. The highest BCUT2D eigenvalue weighted by Crippen LogP contribution is 2.22. The van der Waals surface area contributed by atoms with Crippen LogP contribution in [0.25, 0.3) is 0 Å². The lowest BCUT2D eigenvalue weighted by Gasteiger charge is -2.06. The Labute approximate surface area is 125 Å². The second-order valence-electron chi connectivity index (χ2n) is 4.41. The minimum Gasteiger partial charge on any atom is -0.375 e. The third-order valence-electron chi connectivity index (χ3n) is 2.57. The summed E-state index contributed by atoms with van der Waals surface area (Å²) in [6, 6.07) is 0. The number of alkyl halides is 3. The Morgan fingerprint density at radius 1 is 1.43 bits per heavy atom. The van der Waals surface area contributed by atoms with Crippen molar-refractivity contribution >= 4 is 19.7 Å². The molecule has 0 amide bonds. The van der Waals surface area contributed by atoms with Crippen LogP contribution in [0.15, 0.2) is 11.1 Å². The summed E-state index contributed by atoms with van der Waals surface area (Å²) in [4.78, 5) is -0.229. The van der Waals surface area contributed by atoms with E-state index in [4.69, 9.17) is 15.4 Å². The molecule has 1 heterocycles. The lowest BCUT2D eigenvalue weighted by Crippen LogP contribution is -2.12. The fourth-order valence-corrected chi connectivity index (χ4v) is 2.55. The number of halogens is 4. The van der Waals surface area contributed by atoms with Crippen LogP contribution in [0.2, 0.25) is 0 Å². The first-order valence-electron chi connectivity index (χ1n) is 6.29. The van der Waals surface area contributed by atoms with Crippen molar-refractivity contribution < 1.29 is 26.3 Å². The van der Waals surface area contributed by atoms with Gasteiger partial charge in [0, 0.05) is 23.4 Å². The maximum atomic E-state index is 12.0. The van der Waals surface area contributed by atoms with Gasteiger partial charge in [0.25, 0.3) is 9.05 Å². The first-order chi connectivity index (χ1) is 9.63. The highest BCUT2D eigenvalue weighted by molar-refractivity contribution is 8.13. The summed E-state index contributed by atoms with van der Waals surface area (Å²) >= 11 is 0. The van der Waals surface area contributed by atoms with Crippen LogP contribution < -0.4 is 0 Å². The first-order valence-corrected chi connectivity index (χ1v) is 8.60. The van der Waals surface area contributed by atoms with E-state index in [0.29, 0.717) is 6.54 Å². The van der Waals surface area contributed by atoms with Gasteiger partial charge in [-0.2, -0.15) is 18.3 Å². The summed E-state index contributed by atoms with van der Waals surface area (Å²) in [6.07, 6.45) is -2.48. The molecule has 21 heavy (non-hydrogen) atoms. The van der Waals surface area contributed by atoms with Crippen LogP contribution in [-0.4, -0.2) is 31.0 Å².